The summed E-state index contributed by atoms with van der Waals surface area (Å²) in [5, 5.41) is 15.7. The second-order valence-electron chi connectivity index (χ2n) is 5.41. The summed E-state index contributed by atoms with van der Waals surface area (Å²) in [6, 6.07) is 0. The Bertz CT molecular complexity index is 335. The van der Waals surface area contributed by atoms with Gasteiger partial charge >= 0.3 is 0 Å². The van der Waals surface area contributed by atoms with Gasteiger partial charge in [-0.15, -0.1) is 0 Å². The van der Waals surface area contributed by atoms with Crippen LogP contribution in [0.2, 0.25) is 0 Å². The second kappa shape index (κ2) is 8.39. The maximum atomic E-state index is 12.6. The third kappa shape index (κ3) is 4.04. The minimum absolute atomic E-state index is 0.0396. The number of thioether (sulfide) groups is 1. The van der Waals surface area contributed by atoms with E-state index in [1.165, 1.54) is 12.2 Å². The van der Waals surface area contributed by atoms with Crippen molar-refractivity contribution in [1.29, 1.82) is 0 Å². The number of carbonyl (C=O) groups is 1. The lowest BCUT2D eigenvalue weighted by Gasteiger charge is -2.31. The lowest BCUT2D eigenvalue weighted by atomic mass is 9.77. The average Bonchev–Trinajstić information content (AvgIpc) is 2.96. The first-order chi connectivity index (χ1) is 9.60. The van der Waals surface area contributed by atoms with Gasteiger partial charge < -0.3 is 16.3 Å². The molecule has 0 spiro atoms. The molecule has 5 nitrogen and oxygen atoms in total. The summed E-state index contributed by atoms with van der Waals surface area (Å²) in [6.07, 6.45) is 5.24. The first-order valence-corrected chi connectivity index (χ1v) is 8.53. The van der Waals surface area contributed by atoms with Crippen LogP contribution in [-0.4, -0.2) is 34.5 Å². The van der Waals surface area contributed by atoms with Gasteiger partial charge in [-0.3, -0.25) is 4.79 Å². The molecule has 1 rings (SSSR count). The molecule has 1 heterocycles. The molecule has 0 aliphatic carbocycles. The average molecular weight is 301 g/mol. The third-order valence-corrected chi connectivity index (χ3v) is 5.30. The van der Waals surface area contributed by atoms with Gasteiger partial charge in [0.05, 0.1) is 0 Å². The largest absolute Gasteiger partial charge is 0.409 e. The monoisotopic (exact) mass is 301 g/mol. The van der Waals surface area contributed by atoms with Crippen molar-refractivity contribution in [1.82, 2.24) is 5.32 Å². The molecule has 116 valence electrons. The number of carbonyl (C=O) groups excluding carboxylic acids is 1. The number of nitrogens with two attached hydrogens (primary N) is 1. The van der Waals surface area contributed by atoms with Crippen molar-refractivity contribution in [3.8, 4) is 0 Å². The van der Waals surface area contributed by atoms with Gasteiger partial charge in [0.1, 0.15) is 5.41 Å². The molecule has 1 aliphatic heterocycles. The summed E-state index contributed by atoms with van der Waals surface area (Å²) in [4.78, 5) is 12.6. The van der Waals surface area contributed by atoms with Crippen LogP contribution in [0.1, 0.15) is 52.4 Å². The SMILES string of the molecule is CCCC(CCC)(C(=O)NCC1CCCS1)C(N)=NO. The fourth-order valence-electron chi connectivity index (χ4n) is 2.85. The second-order valence-corrected chi connectivity index (χ2v) is 6.82. The number of amidine groups is 1. The van der Waals surface area contributed by atoms with E-state index in [1.807, 2.05) is 25.6 Å². The van der Waals surface area contributed by atoms with Gasteiger partial charge in [-0.25, -0.2) is 0 Å². The van der Waals surface area contributed by atoms with Gasteiger partial charge in [-0.05, 0) is 31.4 Å². The van der Waals surface area contributed by atoms with E-state index in [4.69, 9.17) is 10.9 Å². The van der Waals surface area contributed by atoms with Gasteiger partial charge in [0, 0.05) is 11.8 Å². The minimum atomic E-state index is -0.860. The highest BCUT2D eigenvalue weighted by atomic mass is 32.2. The third-order valence-electron chi connectivity index (χ3n) is 3.90. The van der Waals surface area contributed by atoms with Crippen LogP contribution in [0.25, 0.3) is 0 Å². The van der Waals surface area contributed by atoms with E-state index in [1.54, 1.807) is 0 Å². The minimum Gasteiger partial charge on any atom is -0.409 e. The number of nitrogens with one attached hydrogen (secondary N) is 1. The normalized spacial score (nSPS) is 20.1. The molecule has 1 saturated heterocycles. The standard InChI is InChI=1S/C14H27N3O2S/c1-3-7-14(8-4-2,12(15)17-19)13(18)16-10-11-6-5-9-20-11/h11,19H,3-10H2,1-2H3,(H2,15,17)(H,16,18). The Morgan fingerprint density at radius 1 is 1.45 bits per heavy atom. The molecule has 1 aliphatic rings. The van der Waals surface area contributed by atoms with Crippen molar-refractivity contribution in [3.63, 3.8) is 0 Å². The van der Waals surface area contributed by atoms with Crippen molar-refractivity contribution < 1.29 is 10.0 Å². The highest BCUT2D eigenvalue weighted by Gasteiger charge is 2.41. The number of oxime groups is 1. The van der Waals surface area contributed by atoms with Crippen molar-refractivity contribution in [2.75, 3.05) is 12.3 Å². The molecule has 4 N–H and O–H groups in total. The van der Waals surface area contributed by atoms with Gasteiger partial charge in [0.2, 0.25) is 5.91 Å². The maximum absolute atomic E-state index is 12.6. The molecular formula is C14H27N3O2S. The Morgan fingerprint density at radius 2 is 2.10 bits per heavy atom. The Balaban J connectivity index is 2.75. The van der Waals surface area contributed by atoms with E-state index in [2.05, 4.69) is 10.5 Å². The van der Waals surface area contributed by atoms with Crippen LogP contribution in [-0.2, 0) is 4.79 Å². The molecule has 0 saturated carbocycles. The van der Waals surface area contributed by atoms with E-state index >= 15 is 0 Å². The van der Waals surface area contributed by atoms with Gasteiger partial charge in [-0.2, -0.15) is 11.8 Å². The van der Waals surface area contributed by atoms with Crippen LogP contribution in [0.3, 0.4) is 0 Å². The number of nitrogens with zero attached hydrogens (tertiary/aromatic N) is 1. The van der Waals surface area contributed by atoms with Gasteiger partial charge in [0.25, 0.3) is 0 Å². The zero-order valence-electron chi connectivity index (χ0n) is 12.5. The fraction of sp³-hybridized carbons (Fsp3) is 0.857. The first kappa shape index (κ1) is 17.1. The Morgan fingerprint density at radius 3 is 2.55 bits per heavy atom. The van der Waals surface area contributed by atoms with Crippen LogP contribution in [0, 0.1) is 5.41 Å². The lowest BCUT2D eigenvalue weighted by Crippen LogP contribution is -2.50. The van der Waals surface area contributed by atoms with Gasteiger partial charge in [-0.1, -0.05) is 31.8 Å². The van der Waals surface area contributed by atoms with E-state index in [-0.39, 0.29) is 11.7 Å². The molecule has 0 radical (unpaired) electrons. The van der Waals surface area contributed by atoms with Crippen molar-refractivity contribution in [3.05, 3.63) is 0 Å². The predicted octanol–water partition coefficient (Wildman–Crippen LogP) is 2.33. The summed E-state index contributed by atoms with van der Waals surface area (Å²) < 4.78 is 0. The summed E-state index contributed by atoms with van der Waals surface area (Å²) in [6.45, 7) is 4.70. The van der Waals surface area contributed by atoms with Crippen molar-refractivity contribution in [2.45, 2.75) is 57.6 Å². The highest BCUT2D eigenvalue weighted by Crippen LogP contribution is 2.31. The summed E-state index contributed by atoms with van der Waals surface area (Å²) in [5.74, 6) is 1.12. The smallest absolute Gasteiger partial charge is 0.233 e. The Kier molecular flexibility index (Phi) is 7.19. The fourth-order valence-corrected chi connectivity index (χ4v) is 4.06. The molecule has 0 aromatic carbocycles. The number of rotatable bonds is 8. The Hall–Kier alpha value is -0.910. The number of hydrogen-bond donors (Lipinski definition) is 3. The van der Waals surface area contributed by atoms with E-state index in [9.17, 15) is 4.79 Å². The first-order valence-electron chi connectivity index (χ1n) is 7.48. The van der Waals surface area contributed by atoms with Crippen LogP contribution in [0.5, 0.6) is 0 Å². The Labute approximate surface area is 125 Å². The molecule has 20 heavy (non-hydrogen) atoms. The topological polar surface area (TPSA) is 87.7 Å². The van der Waals surface area contributed by atoms with Crippen LogP contribution < -0.4 is 11.1 Å². The molecule has 1 amide bonds. The zero-order valence-corrected chi connectivity index (χ0v) is 13.3. The quantitative estimate of drug-likeness (QED) is 0.278. The van der Waals surface area contributed by atoms with Crippen molar-refractivity contribution >= 4 is 23.5 Å². The molecule has 0 bridgehead atoms. The summed E-state index contributed by atoms with van der Waals surface area (Å²) in [7, 11) is 0. The summed E-state index contributed by atoms with van der Waals surface area (Å²) >= 11 is 1.91. The molecule has 0 aromatic heterocycles. The zero-order chi connectivity index (χ0) is 15.0. The van der Waals surface area contributed by atoms with Crippen LogP contribution in [0.15, 0.2) is 5.16 Å². The molecule has 6 heteroatoms. The maximum Gasteiger partial charge on any atom is 0.233 e. The van der Waals surface area contributed by atoms with Gasteiger partial charge in [0.15, 0.2) is 5.84 Å². The predicted molar refractivity (Wildman–Crippen MR) is 84.1 cm³/mol. The van der Waals surface area contributed by atoms with E-state index < -0.39 is 5.41 Å². The molecular weight excluding hydrogens is 274 g/mol. The molecule has 1 unspecified atom stereocenters. The number of hydrogen-bond acceptors (Lipinski definition) is 4. The lowest BCUT2D eigenvalue weighted by molar-refractivity contribution is -0.128. The van der Waals surface area contributed by atoms with E-state index in [0.717, 1.165) is 19.3 Å². The van der Waals surface area contributed by atoms with E-state index in [0.29, 0.717) is 24.6 Å². The molecule has 1 fully saturated rings. The van der Waals surface area contributed by atoms with Crippen LogP contribution in [0.4, 0.5) is 0 Å². The highest BCUT2D eigenvalue weighted by molar-refractivity contribution is 8.00. The number of amides is 1. The summed E-state index contributed by atoms with van der Waals surface area (Å²) in [5.41, 5.74) is 4.98. The molecule has 0 aromatic rings. The molecule has 1 atom stereocenters. The van der Waals surface area contributed by atoms with Crippen molar-refractivity contribution in [2.24, 2.45) is 16.3 Å². The van der Waals surface area contributed by atoms with Crippen LogP contribution >= 0.6 is 11.8 Å².